The van der Waals surface area contributed by atoms with E-state index in [0.717, 1.165) is 33.5 Å². The summed E-state index contributed by atoms with van der Waals surface area (Å²) < 4.78 is 0. The summed E-state index contributed by atoms with van der Waals surface area (Å²) in [4.78, 5) is 29.6. The smallest absolute Gasteiger partial charge is 0.253 e. The third-order valence-electron chi connectivity index (χ3n) is 6.11. The lowest BCUT2D eigenvalue weighted by atomic mass is 9.96. The normalized spacial score (nSPS) is 12.0. The van der Waals surface area contributed by atoms with Gasteiger partial charge in [0.2, 0.25) is 0 Å². The van der Waals surface area contributed by atoms with Crippen molar-refractivity contribution in [2.75, 3.05) is 13.1 Å². The minimum absolute atomic E-state index is 0.0523. The molecule has 0 bridgehead atoms. The van der Waals surface area contributed by atoms with Crippen molar-refractivity contribution >= 4 is 34.2 Å². The summed E-state index contributed by atoms with van der Waals surface area (Å²) in [6, 6.07) is 20.7. The molecule has 0 unspecified atom stereocenters. The molecule has 5 nitrogen and oxygen atoms in total. The van der Waals surface area contributed by atoms with Crippen LogP contribution in [0.2, 0.25) is 5.02 Å². The lowest BCUT2D eigenvalue weighted by Crippen LogP contribution is -2.30. The van der Waals surface area contributed by atoms with Gasteiger partial charge < -0.3 is 15.6 Å². The Kier molecular flexibility index (Phi) is 8.01. The molecule has 3 N–H and O–H groups in total. The zero-order valence-electron chi connectivity index (χ0n) is 20.0. The molecule has 1 aromatic heterocycles. The van der Waals surface area contributed by atoms with E-state index in [1.54, 1.807) is 12.3 Å². The molecule has 0 fully saturated rings. The largest absolute Gasteiger partial charge is 0.360 e. The molecule has 1 atom stereocenters. The van der Waals surface area contributed by atoms with E-state index < -0.39 is 6.04 Å². The standard InChI is InChI=1S/C29H30ClN3O2/c1-3-15-32-29(35)23-11-7-10-22-24(18-33-27(22)23)28(34)26(21-8-5-4-6-9-21)31-16-14-20-13-12-19(2)17-25(20)30/h4-13,17-18,26,31,33H,3,14-16H2,1-2H3,(H,32,35)/t26-/m0/s1. The maximum absolute atomic E-state index is 13.8. The van der Waals surface area contributed by atoms with Gasteiger partial charge in [0.25, 0.3) is 5.91 Å². The van der Waals surface area contributed by atoms with Gasteiger partial charge in [0.1, 0.15) is 0 Å². The highest BCUT2D eigenvalue weighted by Gasteiger charge is 2.25. The van der Waals surface area contributed by atoms with E-state index in [1.165, 1.54) is 0 Å². The molecular weight excluding hydrogens is 458 g/mol. The van der Waals surface area contributed by atoms with Crippen LogP contribution in [0.25, 0.3) is 10.9 Å². The lowest BCUT2D eigenvalue weighted by molar-refractivity contribution is 0.0940. The van der Waals surface area contributed by atoms with Crippen LogP contribution in [0.5, 0.6) is 0 Å². The van der Waals surface area contributed by atoms with Crippen LogP contribution in [0.3, 0.4) is 0 Å². The number of halogens is 1. The zero-order valence-corrected chi connectivity index (χ0v) is 20.8. The minimum atomic E-state index is -0.531. The van der Waals surface area contributed by atoms with E-state index >= 15 is 0 Å². The van der Waals surface area contributed by atoms with E-state index in [2.05, 4.69) is 15.6 Å². The number of aryl methyl sites for hydroxylation is 1. The van der Waals surface area contributed by atoms with Crippen molar-refractivity contribution < 1.29 is 9.59 Å². The predicted molar refractivity (Wildman–Crippen MR) is 142 cm³/mol. The third-order valence-corrected chi connectivity index (χ3v) is 6.46. The fourth-order valence-electron chi connectivity index (χ4n) is 4.25. The Balaban J connectivity index is 1.60. The molecule has 0 aliphatic heterocycles. The number of ketones is 1. The summed E-state index contributed by atoms with van der Waals surface area (Å²) in [5.74, 6) is -0.199. The van der Waals surface area contributed by atoms with Crippen molar-refractivity contribution in [1.29, 1.82) is 0 Å². The Morgan fingerprint density at radius 3 is 2.51 bits per heavy atom. The van der Waals surface area contributed by atoms with Crippen LogP contribution in [0.15, 0.2) is 72.9 Å². The third kappa shape index (κ3) is 5.64. The minimum Gasteiger partial charge on any atom is -0.360 e. The van der Waals surface area contributed by atoms with Crippen molar-refractivity contribution in [3.8, 4) is 0 Å². The van der Waals surface area contributed by atoms with E-state index in [9.17, 15) is 9.59 Å². The van der Waals surface area contributed by atoms with Gasteiger partial charge in [-0.1, -0.05) is 73.1 Å². The van der Waals surface area contributed by atoms with Gasteiger partial charge >= 0.3 is 0 Å². The summed E-state index contributed by atoms with van der Waals surface area (Å²) >= 11 is 6.41. The number of nitrogens with one attached hydrogen (secondary N) is 3. The monoisotopic (exact) mass is 487 g/mol. The number of rotatable bonds is 10. The van der Waals surface area contributed by atoms with Crippen molar-refractivity contribution in [2.24, 2.45) is 0 Å². The van der Waals surface area contributed by atoms with E-state index in [0.29, 0.717) is 36.2 Å². The fraction of sp³-hybridized carbons (Fsp3) is 0.241. The summed E-state index contributed by atoms with van der Waals surface area (Å²) in [7, 11) is 0. The average Bonchev–Trinajstić information content (AvgIpc) is 3.31. The number of carbonyl (C=O) groups is 2. The van der Waals surface area contributed by atoms with Crippen LogP contribution in [0, 0.1) is 6.92 Å². The predicted octanol–water partition coefficient (Wildman–Crippen LogP) is 6.03. The number of carbonyl (C=O) groups excluding carboxylic acids is 2. The molecule has 0 radical (unpaired) electrons. The number of amides is 1. The Morgan fingerprint density at radius 2 is 1.77 bits per heavy atom. The number of fused-ring (bicyclic) bond motifs is 1. The van der Waals surface area contributed by atoms with Gasteiger partial charge in [0.15, 0.2) is 5.78 Å². The second-order valence-corrected chi connectivity index (χ2v) is 9.10. The maximum Gasteiger partial charge on any atom is 0.253 e. The number of H-pyrrole nitrogens is 1. The van der Waals surface area contributed by atoms with Crippen LogP contribution < -0.4 is 10.6 Å². The molecule has 1 heterocycles. The highest BCUT2D eigenvalue weighted by atomic mass is 35.5. The first-order chi connectivity index (χ1) is 17.0. The first-order valence-corrected chi connectivity index (χ1v) is 12.3. The Hall–Kier alpha value is -3.41. The topological polar surface area (TPSA) is 74.0 Å². The second kappa shape index (κ2) is 11.3. The Morgan fingerprint density at radius 1 is 0.971 bits per heavy atom. The van der Waals surface area contributed by atoms with E-state index in [-0.39, 0.29) is 11.7 Å². The van der Waals surface area contributed by atoms with Crippen molar-refractivity contribution in [3.63, 3.8) is 0 Å². The van der Waals surface area contributed by atoms with Crippen molar-refractivity contribution in [2.45, 2.75) is 32.7 Å². The molecule has 0 spiro atoms. The van der Waals surface area contributed by atoms with Crippen LogP contribution >= 0.6 is 11.6 Å². The zero-order chi connectivity index (χ0) is 24.8. The Labute approximate surface area is 210 Å². The molecule has 0 saturated carbocycles. The molecule has 6 heteroatoms. The highest BCUT2D eigenvalue weighted by molar-refractivity contribution is 6.31. The molecule has 0 saturated heterocycles. The SMILES string of the molecule is CCCNC(=O)c1cccc2c(C(=O)[C@@H](NCCc3ccc(C)cc3Cl)c3ccccc3)c[nH]c12. The molecule has 1 amide bonds. The van der Waals surface area contributed by atoms with E-state index in [1.807, 2.05) is 74.5 Å². The summed E-state index contributed by atoms with van der Waals surface area (Å²) in [6.45, 7) is 5.21. The van der Waals surface area contributed by atoms with Gasteiger partial charge in [-0.3, -0.25) is 9.59 Å². The molecule has 0 aliphatic rings. The number of hydrogen-bond donors (Lipinski definition) is 3. The van der Waals surface area contributed by atoms with Gasteiger partial charge in [-0.2, -0.15) is 0 Å². The van der Waals surface area contributed by atoms with Crippen molar-refractivity contribution in [1.82, 2.24) is 15.6 Å². The molecular formula is C29H30ClN3O2. The highest BCUT2D eigenvalue weighted by Crippen LogP contribution is 2.27. The number of para-hydroxylation sites is 1. The maximum atomic E-state index is 13.8. The number of Topliss-reactive ketones (excluding diaryl/α,β-unsaturated/α-hetero) is 1. The van der Waals surface area contributed by atoms with Gasteiger partial charge in [-0.15, -0.1) is 0 Å². The van der Waals surface area contributed by atoms with Gasteiger partial charge in [-0.25, -0.2) is 0 Å². The van der Waals surface area contributed by atoms with Gasteiger partial charge in [0.05, 0.1) is 17.1 Å². The lowest BCUT2D eigenvalue weighted by Gasteiger charge is -2.18. The molecule has 180 valence electrons. The molecule has 4 aromatic rings. The molecule has 3 aromatic carbocycles. The van der Waals surface area contributed by atoms with E-state index in [4.69, 9.17) is 11.6 Å². The number of aromatic nitrogens is 1. The summed E-state index contributed by atoms with van der Waals surface area (Å²) in [6.07, 6.45) is 3.26. The fourth-order valence-corrected chi connectivity index (χ4v) is 4.58. The summed E-state index contributed by atoms with van der Waals surface area (Å²) in [5.41, 5.74) is 4.81. The van der Waals surface area contributed by atoms with Crippen LogP contribution in [-0.2, 0) is 6.42 Å². The van der Waals surface area contributed by atoms with Gasteiger partial charge in [-0.05, 0) is 48.6 Å². The molecule has 0 aliphatic carbocycles. The first-order valence-electron chi connectivity index (χ1n) is 12.0. The Bertz CT molecular complexity index is 1330. The molecule has 35 heavy (non-hydrogen) atoms. The van der Waals surface area contributed by atoms with Crippen LogP contribution in [0.4, 0.5) is 0 Å². The molecule has 4 rings (SSSR count). The first kappa shape index (κ1) is 24.7. The van der Waals surface area contributed by atoms with Crippen LogP contribution in [-0.4, -0.2) is 29.8 Å². The number of aromatic amines is 1. The second-order valence-electron chi connectivity index (χ2n) is 8.69. The number of hydrogen-bond acceptors (Lipinski definition) is 3. The quantitative estimate of drug-likeness (QED) is 0.239. The summed E-state index contributed by atoms with van der Waals surface area (Å²) in [5, 5.41) is 7.83. The number of benzene rings is 3. The van der Waals surface area contributed by atoms with Crippen LogP contribution in [0.1, 0.15) is 56.8 Å². The van der Waals surface area contributed by atoms with Crippen molar-refractivity contribution in [3.05, 3.63) is 106 Å². The average molecular weight is 488 g/mol. The van der Waals surface area contributed by atoms with Gasteiger partial charge in [0, 0.05) is 35.3 Å².